The van der Waals surface area contributed by atoms with E-state index in [-0.39, 0.29) is 5.91 Å². The van der Waals surface area contributed by atoms with Crippen LogP contribution in [-0.4, -0.2) is 32.1 Å². The lowest BCUT2D eigenvalue weighted by Gasteiger charge is -2.24. The summed E-state index contributed by atoms with van der Waals surface area (Å²) in [5, 5.41) is 4.28. The van der Waals surface area contributed by atoms with Gasteiger partial charge in [-0.1, -0.05) is 18.2 Å². The van der Waals surface area contributed by atoms with Gasteiger partial charge < -0.3 is 9.32 Å². The summed E-state index contributed by atoms with van der Waals surface area (Å²) in [6, 6.07) is 11.6. The first kappa shape index (κ1) is 14.7. The van der Waals surface area contributed by atoms with Crippen LogP contribution in [0.4, 0.5) is 0 Å². The molecule has 0 N–H and O–H groups in total. The number of hydrogen-bond acceptors (Lipinski definition) is 4. The summed E-state index contributed by atoms with van der Waals surface area (Å²) >= 11 is 0. The van der Waals surface area contributed by atoms with Crippen molar-refractivity contribution in [2.45, 2.75) is 19.9 Å². The molecule has 0 bridgehead atoms. The fourth-order valence-electron chi connectivity index (χ4n) is 2.90. The SMILES string of the molecule is Cc1cc(C(=O)N2CCc3oc(-c4ccccc4)nc3C2)nn1C. The van der Waals surface area contributed by atoms with Crippen LogP contribution >= 0.6 is 0 Å². The predicted molar refractivity (Wildman–Crippen MR) is 88.3 cm³/mol. The minimum Gasteiger partial charge on any atom is -0.441 e. The fourth-order valence-corrected chi connectivity index (χ4v) is 2.90. The molecule has 0 aliphatic carbocycles. The summed E-state index contributed by atoms with van der Waals surface area (Å²) in [5.74, 6) is 1.42. The van der Waals surface area contributed by atoms with Gasteiger partial charge >= 0.3 is 0 Å². The summed E-state index contributed by atoms with van der Waals surface area (Å²) in [4.78, 5) is 19.0. The zero-order valence-corrected chi connectivity index (χ0v) is 13.7. The molecule has 6 nitrogen and oxygen atoms in total. The maximum absolute atomic E-state index is 12.6. The van der Waals surface area contributed by atoms with Gasteiger partial charge in [0.05, 0.1) is 6.54 Å². The maximum atomic E-state index is 12.6. The van der Waals surface area contributed by atoms with Crippen molar-refractivity contribution in [3.8, 4) is 11.5 Å². The van der Waals surface area contributed by atoms with E-state index >= 15 is 0 Å². The zero-order chi connectivity index (χ0) is 16.7. The molecule has 0 saturated carbocycles. The Labute approximate surface area is 139 Å². The average molecular weight is 322 g/mol. The Morgan fingerprint density at radius 3 is 2.75 bits per heavy atom. The standard InChI is InChI=1S/C18H18N4O2/c1-12-10-14(20-21(12)2)18(23)22-9-8-16-15(11-22)19-17(24-16)13-6-4-3-5-7-13/h3-7,10H,8-9,11H2,1-2H3. The zero-order valence-electron chi connectivity index (χ0n) is 13.7. The monoisotopic (exact) mass is 322 g/mol. The van der Waals surface area contributed by atoms with Gasteiger partial charge in [-0.3, -0.25) is 9.48 Å². The number of rotatable bonds is 2. The number of carbonyl (C=O) groups is 1. The second-order valence-electron chi connectivity index (χ2n) is 6.03. The molecule has 3 heterocycles. The lowest BCUT2D eigenvalue weighted by molar-refractivity contribution is 0.0721. The molecule has 2 aromatic heterocycles. The van der Waals surface area contributed by atoms with Crippen LogP contribution in [0.5, 0.6) is 0 Å². The number of oxazole rings is 1. The molecule has 1 amide bonds. The first-order chi connectivity index (χ1) is 11.6. The van der Waals surface area contributed by atoms with E-state index < -0.39 is 0 Å². The van der Waals surface area contributed by atoms with Gasteiger partial charge in [0.15, 0.2) is 5.69 Å². The second kappa shape index (κ2) is 5.63. The molecule has 0 unspecified atom stereocenters. The van der Waals surface area contributed by atoms with E-state index in [0.717, 1.165) is 22.7 Å². The van der Waals surface area contributed by atoms with Crippen molar-refractivity contribution in [1.29, 1.82) is 0 Å². The van der Waals surface area contributed by atoms with Gasteiger partial charge in [0.2, 0.25) is 5.89 Å². The molecule has 0 fully saturated rings. The normalized spacial score (nSPS) is 13.8. The highest BCUT2D eigenvalue weighted by atomic mass is 16.4. The molecule has 4 rings (SSSR count). The van der Waals surface area contributed by atoms with Gasteiger partial charge in [0.25, 0.3) is 5.91 Å². The Bertz CT molecular complexity index is 876. The molecule has 0 radical (unpaired) electrons. The van der Waals surface area contributed by atoms with E-state index in [1.54, 1.807) is 9.58 Å². The maximum Gasteiger partial charge on any atom is 0.274 e. The molecule has 122 valence electrons. The molecule has 0 saturated heterocycles. The fraction of sp³-hybridized carbons (Fsp3) is 0.278. The first-order valence-electron chi connectivity index (χ1n) is 7.96. The van der Waals surface area contributed by atoms with E-state index in [9.17, 15) is 4.79 Å². The summed E-state index contributed by atoms with van der Waals surface area (Å²) in [6.07, 6.45) is 0.673. The third kappa shape index (κ3) is 2.50. The molecule has 6 heteroatoms. The highest BCUT2D eigenvalue weighted by molar-refractivity contribution is 5.92. The van der Waals surface area contributed by atoms with Crippen molar-refractivity contribution >= 4 is 5.91 Å². The third-order valence-corrected chi connectivity index (χ3v) is 4.37. The predicted octanol–water partition coefficient (Wildman–Crippen LogP) is 2.58. The van der Waals surface area contributed by atoms with Crippen molar-refractivity contribution in [3.05, 3.63) is 59.2 Å². The number of benzene rings is 1. The summed E-state index contributed by atoms with van der Waals surface area (Å²) < 4.78 is 7.59. The molecule has 0 atom stereocenters. The Balaban J connectivity index is 1.57. The van der Waals surface area contributed by atoms with E-state index in [0.29, 0.717) is 31.1 Å². The van der Waals surface area contributed by atoms with Crippen LogP contribution in [0, 0.1) is 6.92 Å². The first-order valence-corrected chi connectivity index (χ1v) is 7.96. The molecular formula is C18H18N4O2. The largest absolute Gasteiger partial charge is 0.441 e. The molecule has 3 aromatic rings. The average Bonchev–Trinajstić information content (AvgIpc) is 3.18. The van der Waals surface area contributed by atoms with Crippen molar-refractivity contribution in [3.63, 3.8) is 0 Å². The van der Waals surface area contributed by atoms with E-state index in [1.165, 1.54) is 0 Å². The number of aryl methyl sites for hydroxylation is 2. The Morgan fingerprint density at radius 2 is 2.04 bits per heavy atom. The summed E-state index contributed by atoms with van der Waals surface area (Å²) in [5.41, 5.74) is 3.22. The summed E-state index contributed by atoms with van der Waals surface area (Å²) in [7, 11) is 1.84. The van der Waals surface area contributed by atoms with Crippen molar-refractivity contribution in [2.24, 2.45) is 7.05 Å². The molecule has 1 aromatic carbocycles. The van der Waals surface area contributed by atoms with Crippen molar-refractivity contribution in [2.75, 3.05) is 6.54 Å². The highest BCUT2D eigenvalue weighted by Gasteiger charge is 2.27. The van der Waals surface area contributed by atoms with Crippen LogP contribution in [0.1, 0.15) is 27.6 Å². The summed E-state index contributed by atoms with van der Waals surface area (Å²) in [6.45, 7) is 3.01. The lowest BCUT2D eigenvalue weighted by Crippen LogP contribution is -2.36. The molecular weight excluding hydrogens is 304 g/mol. The van der Waals surface area contributed by atoms with E-state index in [4.69, 9.17) is 4.42 Å². The van der Waals surface area contributed by atoms with Crippen LogP contribution in [0.25, 0.3) is 11.5 Å². The van der Waals surface area contributed by atoms with Crippen LogP contribution in [0.3, 0.4) is 0 Å². The molecule has 1 aliphatic rings. The second-order valence-corrected chi connectivity index (χ2v) is 6.03. The topological polar surface area (TPSA) is 64.2 Å². The third-order valence-electron chi connectivity index (χ3n) is 4.37. The van der Waals surface area contributed by atoms with Crippen LogP contribution < -0.4 is 0 Å². The Morgan fingerprint density at radius 1 is 1.25 bits per heavy atom. The molecule has 1 aliphatic heterocycles. The smallest absolute Gasteiger partial charge is 0.274 e. The number of amides is 1. The minimum atomic E-state index is -0.0615. The molecule has 24 heavy (non-hydrogen) atoms. The quantitative estimate of drug-likeness (QED) is 0.727. The van der Waals surface area contributed by atoms with Crippen LogP contribution in [-0.2, 0) is 20.0 Å². The van der Waals surface area contributed by atoms with Gasteiger partial charge in [0.1, 0.15) is 11.5 Å². The lowest BCUT2D eigenvalue weighted by atomic mass is 10.1. The van der Waals surface area contributed by atoms with Gasteiger partial charge in [-0.15, -0.1) is 0 Å². The Kier molecular flexibility index (Phi) is 3.45. The van der Waals surface area contributed by atoms with Crippen molar-refractivity contribution < 1.29 is 9.21 Å². The van der Waals surface area contributed by atoms with Gasteiger partial charge in [0, 0.05) is 31.3 Å². The Hall–Kier alpha value is -2.89. The van der Waals surface area contributed by atoms with Crippen LogP contribution in [0.2, 0.25) is 0 Å². The van der Waals surface area contributed by atoms with Gasteiger partial charge in [-0.05, 0) is 25.1 Å². The number of nitrogens with zero attached hydrogens (tertiary/aromatic N) is 4. The minimum absolute atomic E-state index is 0.0615. The van der Waals surface area contributed by atoms with Crippen LogP contribution in [0.15, 0.2) is 40.8 Å². The van der Waals surface area contributed by atoms with E-state index in [2.05, 4.69) is 10.1 Å². The molecule has 0 spiro atoms. The van der Waals surface area contributed by atoms with Gasteiger partial charge in [-0.25, -0.2) is 4.98 Å². The number of aromatic nitrogens is 3. The van der Waals surface area contributed by atoms with E-state index in [1.807, 2.05) is 50.4 Å². The van der Waals surface area contributed by atoms with Gasteiger partial charge in [-0.2, -0.15) is 5.10 Å². The number of carbonyl (C=O) groups excluding carboxylic acids is 1. The highest BCUT2D eigenvalue weighted by Crippen LogP contribution is 2.26. The number of fused-ring (bicyclic) bond motifs is 1. The van der Waals surface area contributed by atoms with Crippen molar-refractivity contribution in [1.82, 2.24) is 19.7 Å². The number of hydrogen-bond donors (Lipinski definition) is 0.